The Kier molecular flexibility index (Phi) is 8.38. The average molecular weight is 292 g/mol. The van der Waals surface area contributed by atoms with Gasteiger partial charge in [-0.1, -0.05) is 20.8 Å². The molecule has 6 nitrogen and oxygen atoms in total. The molecular weight excluding hydrogens is 268 g/mol. The van der Waals surface area contributed by atoms with E-state index < -0.39 is 16.8 Å². The molecule has 2 amide bonds. The van der Waals surface area contributed by atoms with Crippen LogP contribution in [-0.2, 0) is 15.6 Å². The van der Waals surface area contributed by atoms with Gasteiger partial charge in [-0.3, -0.25) is 9.00 Å². The zero-order chi connectivity index (χ0) is 15.0. The summed E-state index contributed by atoms with van der Waals surface area (Å²) >= 11 is 0. The van der Waals surface area contributed by atoms with E-state index in [-0.39, 0.29) is 23.7 Å². The minimum Gasteiger partial charge on any atom is -0.480 e. The van der Waals surface area contributed by atoms with Crippen molar-refractivity contribution in [3.05, 3.63) is 0 Å². The highest BCUT2D eigenvalue weighted by atomic mass is 32.2. The third-order valence-electron chi connectivity index (χ3n) is 2.59. The Morgan fingerprint density at radius 1 is 1.32 bits per heavy atom. The van der Waals surface area contributed by atoms with Crippen LogP contribution in [0.2, 0.25) is 0 Å². The molecule has 112 valence electrons. The van der Waals surface area contributed by atoms with Gasteiger partial charge >= 0.3 is 12.0 Å². The third-order valence-corrected chi connectivity index (χ3v) is 3.96. The molecule has 19 heavy (non-hydrogen) atoms. The van der Waals surface area contributed by atoms with E-state index in [1.165, 1.54) is 4.90 Å². The molecule has 0 radical (unpaired) electrons. The molecule has 0 fully saturated rings. The van der Waals surface area contributed by atoms with Crippen LogP contribution in [0.1, 0.15) is 27.2 Å². The average Bonchev–Trinajstić information content (AvgIpc) is 2.26. The molecule has 0 aromatic carbocycles. The summed E-state index contributed by atoms with van der Waals surface area (Å²) in [5, 5.41) is 11.5. The minimum absolute atomic E-state index is 0.0123. The number of hydrogen-bond acceptors (Lipinski definition) is 3. The van der Waals surface area contributed by atoms with Gasteiger partial charge in [-0.25, -0.2) is 4.79 Å². The summed E-state index contributed by atoms with van der Waals surface area (Å²) in [5.74, 6) is -0.828. The number of nitrogens with one attached hydrogen (secondary N) is 1. The fraction of sp³-hybridized carbons (Fsp3) is 0.833. The van der Waals surface area contributed by atoms with Crippen molar-refractivity contribution in [1.29, 1.82) is 0 Å². The van der Waals surface area contributed by atoms with Gasteiger partial charge in [0.05, 0.1) is 0 Å². The lowest BCUT2D eigenvalue weighted by Crippen LogP contribution is -2.45. The Hall–Kier alpha value is -1.11. The predicted octanol–water partition coefficient (Wildman–Crippen LogP) is 0.896. The second-order valence-corrected chi connectivity index (χ2v) is 6.80. The van der Waals surface area contributed by atoms with E-state index in [1.54, 1.807) is 6.26 Å². The first-order valence-electron chi connectivity index (χ1n) is 6.30. The lowest BCUT2D eigenvalue weighted by molar-refractivity contribution is -0.137. The first-order valence-corrected chi connectivity index (χ1v) is 7.93. The van der Waals surface area contributed by atoms with Crippen LogP contribution in [0.25, 0.3) is 0 Å². The van der Waals surface area contributed by atoms with Gasteiger partial charge in [0.2, 0.25) is 0 Å². The molecular formula is C12H24N2O4S. The van der Waals surface area contributed by atoms with Crippen LogP contribution < -0.4 is 5.32 Å². The zero-order valence-corrected chi connectivity index (χ0v) is 12.8. The number of carboxylic acid groups (broad SMARTS) is 1. The van der Waals surface area contributed by atoms with Crippen molar-refractivity contribution >= 4 is 22.8 Å². The van der Waals surface area contributed by atoms with Crippen LogP contribution >= 0.6 is 0 Å². The molecule has 0 spiro atoms. The molecule has 0 heterocycles. The maximum Gasteiger partial charge on any atom is 0.323 e. The van der Waals surface area contributed by atoms with Crippen molar-refractivity contribution in [2.75, 3.05) is 25.9 Å². The quantitative estimate of drug-likeness (QED) is 0.696. The first kappa shape index (κ1) is 17.9. The molecule has 7 heteroatoms. The largest absolute Gasteiger partial charge is 0.480 e. The summed E-state index contributed by atoms with van der Waals surface area (Å²) in [6, 6.07) is -0.384. The minimum atomic E-state index is -1.03. The number of carboxylic acids is 1. The summed E-state index contributed by atoms with van der Waals surface area (Å²) in [7, 11) is -0.913. The summed E-state index contributed by atoms with van der Waals surface area (Å²) < 4.78 is 11.2. The van der Waals surface area contributed by atoms with E-state index in [9.17, 15) is 13.8 Å². The van der Waals surface area contributed by atoms with Gasteiger partial charge in [-0.15, -0.1) is 0 Å². The summed E-state index contributed by atoms with van der Waals surface area (Å²) in [5.41, 5.74) is 0. The SMILES string of the molecule is CC(C)CN(CC(=O)O)C(=O)NCCC(C)S(C)=O. The second-order valence-electron chi connectivity index (χ2n) is 5.00. The van der Waals surface area contributed by atoms with Gasteiger partial charge in [0, 0.05) is 35.4 Å². The molecule has 0 rings (SSSR count). The molecule has 0 saturated carbocycles. The van der Waals surface area contributed by atoms with Gasteiger partial charge in [0.15, 0.2) is 0 Å². The van der Waals surface area contributed by atoms with Crippen molar-refractivity contribution in [3.63, 3.8) is 0 Å². The molecule has 0 aliphatic rings. The van der Waals surface area contributed by atoms with Crippen LogP contribution in [0.3, 0.4) is 0 Å². The number of carbonyl (C=O) groups is 2. The maximum absolute atomic E-state index is 11.8. The maximum atomic E-state index is 11.8. The Labute approximate surface area is 117 Å². The highest BCUT2D eigenvalue weighted by Gasteiger charge is 2.17. The number of aliphatic carboxylic acids is 1. The van der Waals surface area contributed by atoms with E-state index in [1.807, 2.05) is 20.8 Å². The fourth-order valence-electron chi connectivity index (χ4n) is 1.48. The molecule has 2 atom stereocenters. The smallest absolute Gasteiger partial charge is 0.323 e. The summed E-state index contributed by atoms with van der Waals surface area (Å²) in [4.78, 5) is 23.8. The van der Waals surface area contributed by atoms with Crippen LogP contribution in [0.5, 0.6) is 0 Å². The first-order chi connectivity index (χ1) is 8.73. The topological polar surface area (TPSA) is 86.7 Å². The van der Waals surface area contributed by atoms with Gasteiger partial charge < -0.3 is 15.3 Å². The van der Waals surface area contributed by atoms with Gasteiger partial charge in [0.1, 0.15) is 6.54 Å². The van der Waals surface area contributed by atoms with Crippen LogP contribution in [0, 0.1) is 5.92 Å². The normalized spacial score (nSPS) is 13.9. The number of hydrogen-bond donors (Lipinski definition) is 2. The van der Waals surface area contributed by atoms with E-state index in [0.717, 1.165) is 0 Å². The Bertz CT molecular complexity index is 334. The number of amides is 2. The molecule has 0 aromatic heterocycles. The standard InChI is InChI=1S/C12H24N2O4S/c1-9(2)7-14(8-11(15)16)12(17)13-6-5-10(3)19(4)18/h9-10H,5-8H2,1-4H3,(H,13,17)(H,15,16). The van der Waals surface area contributed by atoms with Crippen molar-refractivity contribution in [1.82, 2.24) is 10.2 Å². The molecule has 0 aliphatic carbocycles. The van der Waals surface area contributed by atoms with E-state index in [0.29, 0.717) is 19.5 Å². The number of nitrogens with zero attached hydrogens (tertiary/aromatic N) is 1. The number of rotatable bonds is 8. The molecule has 0 aliphatic heterocycles. The molecule has 2 N–H and O–H groups in total. The van der Waals surface area contributed by atoms with E-state index >= 15 is 0 Å². The third kappa shape index (κ3) is 8.58. The highest BCUT2D eigenvalue weighted by Crippen LogP contribution is 2.01. The van der Waals surface area contributed by atoms with Crippen molar-refractivity contribution in [2.45, 2.75) is 32.4 Å². The van der Waals surface area contributed by atoms with Crippen molar-refractivity contribution < 1.29 is 18.9 Å². The molecule has 2 unspecified atom stereocenters. The van der Waals surface area contributed by atoms with E-state index in [4.69, 9.17) is 5.11 Å². The van der Waals surface area contributed by atoms with E-state index in [2.05, 4.69) is 5.32 Å². The lowest BCUT2D eigenvalue weighted by Gasteiger charge is -2.23. The highest BCUT2D eigenvalue weighted by molar-refractivity contribution is 7.84. The second kappa shape index (κ2) is 8.90. The van der Waals surface area contributed by atoms with Crippen LogP contribution in [-0.4, -0.2) is 57.4 Å². The monoisotopic (exact) mass is 292 g/mol. The van der Waals surface area contributed by atoms with Crippen molar-refractivity contribution in [2.24, 2.45) is 5.92 Å². The van der Waals surface area contributed by atoms with Gasteiger partial charge in [0.25, 0.3) is 0 Å². The fourth-order valence-corrected chi connectivity index (χ4v) is 1.93. The van der Waals surface area contributed by atoms with Crippen LogP contribution in [0.4, 0.5) is 4.79 Å². The molecule has 0 aromatic rings. The predicted molar refractivity (Wildman–Crippen MR) is 75.6 cm³/mol. The zero-order valence-electron chi connectivity index (χ0n) is 12.0. The Balaban J connectivity index is 4.24. The molecule has 0 saturated heterocycles. The lowest BCUT2D eigenvalue weighted by atomic mass is 10.2. The Morgan fingerprint density at radius 2 is 1.89 bits per heavy atom. The van der Waals surface area contributed by atoms with Crippen LogP contribution in [0.15, 0.2) is 0 Å². The van der Waals surface area contributed by atoms with Gasteiger partial charge in [-0.2, -0.15) is 0 Å². The Morgan fingerprint density at radius 3 is 2.32 bits per heavy atom. The number of urea groups is 1. The number of carbonyl (C=O) groups excluding carboxylic acids is 1. The summed E-state index contributed by atoms with van der Waals surface area (Å²) in [6.45, 7) is 6.18. The molecule has 0 bridgehead atoms. The van der Waals surface area contributed by atoms with Crippen molar-refractivity contribution in [3.8, 4) is 0 Å². The summed E-state index contributed by atoms with van der Waals surface area (Å²) in [6.07, 6.45) is 2.24. The van der Waals surface area contributed by atoms with Gasteiger partial charge in [-0.05, 0) is 12.3 Å².